The van der Waals surface area contributed by atoms with Gasteiger partial charge in [0.15, 0.2) is 0 Å². The molecule has 72 valence electrons. The number of aromatic hydroxyl groups is 1. The average Bonchev–Trinajstić information content (AvgIpc) is 2.54. The lowest BCUT2D eigenvalue weighted by Crippen LogP contribution is -2.22. The number of H-pyrrole nitrogens is 1. The number of fused-ring (bicyclic) bond motifs is 3. The maximum atomic E-state index is 9.36. The molecule has 3 rings (SSSR count). The van der Waals surface area contributed by atoms with E-state index in [0.717, 1.165) is 25.0 Å². The summed E-state index contributed by atoms with van der Waals surface area (Å²) in [5.74, 6) is 0.323. The van der Waals surface area contributed by atoms with Gasteiger partial charge >= 0.3 is 0 Å². The van der Waals surface area contributed by atoms with E-state index in [0.29, 0.717) is 5.75 Å². The van der Waals surface area contributed by atoms with E-state index in [2.05, 4.69) is 10.3 Å². The monoisotopic (exact) mass is 188 g/mol. The highest BCUT2D eigenvalue weighted by Gasteiger charge is 2.14. The van der Waals surface area contributed by atoms with Gasteiger partial charge in [-0.05, 0) is 30.7 Å². The van der Waals surface area contributed by atoms with Gasteiger partial charge in [-0.15, -0.1) is 0 Å². The molecule has 0 bridgehead atoms. The molecule has 0 saturated heterocycles. The number of phenols is 1. The molecule has 0 aliphatic carbocycles. The van der Waals surface area contributed by atoms with E-state index >= 15 is 0 Å². The summed E-state index contributed by atoms with van der Waals surface area (Å²) in [7, 11) is 0. The van der Waals surface area contributed by atoms with Gasteiger partial charge in [0.2, 0.25) is 0 Å². The van der Waals surface area contributed by atoms with Crippen molar-refractivity contribution in [1.82, 2.24) is 10.3 Å². The topological polar surface area (TPSA) is 48.0 Å². The Kier molecular flexibility index (Phi) is 1.55. The molecule has 3 heteroatoms. The summed E-state index contributed by atoms with van der Waals surface area (Å²) < 4.78 is 0. The first-order valence-electron chi connectivity index (χ1n) is 4.88. The van der Waals surface area contributed by atoms with Crippen molar-refractivity contribution in [3.05, 3.63) is 29.5 Å². The third-order valence-corrected chi connectivity index (χ3v) is 2.83. The van der Waals surface area contributed by atoms with Crippen LogP contribution in [-0.4, -0.2) is 16.6 Å². The summed E-state index contributed by atoms with van der Waals surface area (Å²) in [5.41, 5.74) is 3.70. The molecule has 0 fully saturated rings. The molecule has 1 aliphatic rings. The van der Waals surface area contributed by atoms with Gasteiger partial charge in [-0.2, -0.15) is 0 Å². The summed E-state index contributed by atoms with van der Waals surface area (Å²) in [5, 5.41) is 13.9. The third-order valence-electron chi connectivity index (χ3n) is 2.83. The Morgan fingerprint density at radius 1 is 1.29 bits per heavy atom. The molecule has 3 N–H and O–H groups in total. The SMILES string of the molecule is Oc1ccc2c3c([nH]c2c1)CNCC3. The number of hydrogen-bond donors (Lipinski definition) is 3. The molecule has 0 unspecified atom stereocenters. The number of aromatic nitrogens is 1. The van der Waals surface area contributed by atoms with Crippen LogP contribution in [-0.2, 0) is 13.0 Å². The van der Waals surface area contributed by atoms with Crippen LogP contribution >= 0.6 is 0 Å². The van der Waals surface area contributed by atoms with E-state index in [1.165, 1.54) is 16.6 Å². The summed E-state index contributed by atoms with van der Waals surface area (Å²) in [6.45, 7) is 1.95. The van der Waals surface area contributed by atoms with Crippen molar-refractivity contribution in [3.8, 4) is 5.75 Å². The standard InChI is InChI=1S/C11H12N2O/c14-7-1-2-8-9-3-4-12-6-11(9)13-10(8)5-7/h1-2,5,12-14H,3-4,6H2. The summed E-state index contributed by atoms with van der Waals surface area (Å²) >= 11 is 0. The fourth-order valence-corrected chi connectivity index (χ4v) is 2.16. The van der Waals surface area contributed by atoms with Crippen LogP contribution in [0.5, 0.6) is 5.75 Å². The van der Waals surface area contributed by atoms with Crippen molar-refractivity contribution in [2.75, 3.05) is 6.54 Å². The fraction of sp³-hybridized carbons (Fsp3) is 0.273. The van der Waals surface area contributed by atoms with Crippen LogP contribution in [0.3, 0.4) is 0 Å². The normalized spacial score (nSPS) is 15.7. The quantitative estimate of drug-likeness (QED) is 0.587. The van der Waals surface area contributed by atoms with Gasteiger partial charge in [0, 0.05) is 29.2 Å². The number of nitrogens with one attached hydrogen (secondary N) is 2. The highest BCUT2D eigenvalue weighted by molar-refractivity contribution is 5.86. The molecular weight excluding hydrogens is 176 g/mol. The van der Waals surface area contributed by atoms with E-state index in [4.69, 9.17) is 0 Å². The van der Waals surface area contributed by atoms with E-state index in [1.807, 2.05) is 6.07 Å². The Morgan fingerprint density at radius 2 is 2.21 bits per heavy atom. The van der Waals surface area contributed by atoms with Gasteiger partial charge in [-0.3, -0.25) is 0 Å². The largest absolute Gasteiger partial charge is 0.508 e. The maximum absolute atomic E-state index is 9.36. The first kappa shape index (κ1) is 7.88. The summed E-state index contributed by atoms with van der Waals surface area (Å²) in [4.78, 5) is 3.33. The van der Waals surface area contributed by atoms with Crippen molar-refractivity contribution in [3.63, 3.8) is 0 Å². The lowest BCUT2D eigenvalue weighted by Gasteiger charge is -2.12. The molecule has 0 radical (unpaired) electrons. The molecular formula is C11H12N2O. The Bertz CT molecular complexity index is 487. The zero-order valence-corrected chi connectivity index (χ0v) is 7.80. The lowest BCUT2D eigenvalue weighted by molar-refractivity contribution is 0.476. The molecule has 1 aromatic carbocycles. The predicted molar refractivity (Wildman–Crippen MR) is 55.4 cm³/mol. The second-order valence-electron chi connectivity index (χ2n) is 3.74. The number of rotatable bonds is 0. The number of aromatic amines is 1. The number of phenolic OH excluding ortho intramolecular Hbond substituents is 1. The molecule has 1 aliphatic heterocycles. The van der Waals surface area contributed by atoms with Crippen LogP contribution in [0, 0.1) is 0 Å². The molecule has 14 heavy (non-hydrogen) atoms. The van der Waals surface area contributed by atoms with Crippen LogP contribution in [0.15, 0.2) is 18.2 Å². The van der Waals surface area contributed by atoms with Crippen LogP contribution in [0.1, 0.15) is 11.3 Å². The van der Waals surface area contributed by atoms with Gasteiger partial charge < -0.3 is 15.4 Å². The predicted octanol–water partition coefficient (Wildman–Crippen LogP) is 1.52. The van der Waals surface area contributed by atoms with E-state index in [1.54, 1.807) is 12.1 Å². The van der Waals surface area contributed by atoms with Crippen molar-refractivity contribution in [1.29, 1.82) is 0 Å². The molecule has 2 aromatic rings. The minimum Gasteiger partial charge on any atom is -0.508 e. The van der Waals surface area contributed by atoms with Crippen molar-refractivity contribution in [2.45, 2.75) is 13.0 Å². The third kappa shape index (κ3) is 1.02. The molecule has 0 atom stereocenters. The minimum absolute atomic E-state index is 0.323. The Hall–Kier alpha value is -1.48. The number of benzene rings is 1. The smallest absolute Gasteiger partial charge is 0.117 e. The maximum Gasteiger partial charge on any atom is 0.117 e. The van der Waals surface area contributed by atoms with Crippen molar-refractivity contribution < 1.29 is 5.11 Å². The Labute approximate surface area is 81.8 Å². The second-order valence-corrected chi connectivity index (χ2v) is 3.74. The van der Waals surface area contributed by atoms with Gasteiger partial charge in [0.25, 0.3) is 0 Å². The first-order valence-corrected chi connectivity index (χ1v) is 4.88. The fourth-order valence-electron chi connectivity index (χ4n) is 2.16. The molecule has 0 saturated carbocycles. The van der Waals surface area contributed by atoms with Crippen LogP contribution in [0.2, 0.25) is 0 Å². The van der Waals surface area contributed by atoms with Crippen molar-refractivity contribution in [2.24, 2.45) is 0 Å². The second kappa shape index (κ2) is 2.75. The highest BCUT2D eigenvalue weighted by atomic mass is 16.3. The Balaban J connectivity index is 2.31. The van der Waals surface area contributed by atoms with E-state index < -0.39 is 0 Å². The molecule has 3 nitrogen and oxygen atoms in total. The average molecular weight is 188 g/mol. The summed E-state index contributed by atoms with van der Waals surface area (Å²) in [6, 6.07) is 5.53. The number of hydrogen-bond acceptors (Lipinski definition) is 2. The van der Waals surface area contributed by atoms with E-state index in [9.17, 15) is 5.11 Å². The highest BCUT2D eigenvalue weighted by Crippen LogP contribution is 2.27. The zero-order valence-electron chi connectivity index (χ0n) is 7.80. The van der Waals surface area contributed by atoms with Gasteiger partial charge in [-0.1, -0.05) is 0 Å². The van der Waals surface area contributed by atoms with Gasteiger partial charge in [0.05, 0.1) is 0 Å². The molecule has 1 aromatic heterocycles. The van der Waals surface area contributed by atoms with Crippen LogP contribution < -0.4 is 5.32 Å². The van der Waals surface area contributed by atoms with Gasteiger partial charge in [-0.25, -0.2) is 0 Å². The van der Waals surface area contributed by atoms with E-state index in [-0.39, 0.29) is 0 Å². The lowest BCUT2D eigenvalue weighted by atomic mass is 10.0. The molecule has 2 heterocycles. The van der Waals surface area contributed by atoms with Crippen molar-refractivity contribution >= 4 is 10.9 Å². The first-order chi connectivity index (χ1) is 6.84. The van der Waals surface area contributed by atoms with Gasteiger partial charge in [0.1, 0.15) is 5.75 Å². The molecule has 0 spiro atoms. The van der Waals surface area contributed by atoms with Crippen LogP contribution in [0.4, 0.5) is 0 Å². The molecule has 0 amide bonds. The summed E-state index contributed by atoms with van der Waals surface area (Å²) in [6.07, 6.45) is 1.07. The van der Waals surface area contributed by atoms with Crippen LogP contribution in [0.25, 0.3) is 10.9 Å². The zero-order chi connectivity index (χ0) is 9.54. The Morgan fingerprint density at radius 3 is 3.14 bits per heavy atom. The minimum atomic E-state index is 0.323.